The minimum absolute atomic E-state index is 0.525. The van der Waals surface area contributed by atoms with E-state index in [0.717, 1.165) is 25.0 Å². The fraction of sp³-hybridized carbons (Fsp3) is 1.00. The Bertz CT molecular complexity index is 302. The average Bonchev–Trinajstić information content (AvgIpc) is 2.71. The summed E-state index contributed by atoms with van der Waals surface area (Å²) in [5.41, 5.74) is 19.9. The normalized spacial score (nSPS) is 46.5. The molecule has 0 heterocycles. The highest BCUT2D eigenvalue weighted by Crippen LogP contribution is 2.58. The molecule has 0 aromatic rings. The first-order chi connectivity index (χ1) is 11.5. The van der Waals surface area contributed by atoms with Gasteiger partial charge < -0.3 is 17.2 Å². The molecule has 6 aliphatic carbocycles. The van der Waals surface area contributed by atoms with Crippen molar-refractivity contribution in [1.29, 1.82) is 0 Å². The van der Waals surface area contributed by atoms with E-state index in [-0.39, 0.29) is 0 Å². The first-order valence-corrected chi connectivity index (χ1v) is 10.6. The van der Waals surface area contributed by atoms with E-state index in [1.54, 1.807) is 0 Å². The third kappa shape index (κ3) is 3.29. The van der Waals surface area contributed by atoms with Crippen LogP contribution in [0.2, 0.25) is 0 Å². The van der Waals surface area contributed by atoms with Gasteiger partial charge in [-0.15, -0.1) is 0 Å². The Morgan fingerprint density at radius 2 is 0.667 bits per heavy atom. The SMILES string of the molecule is CCC12CCC(CN)(CC1)CC2.NCC12CCC(CN)(CC1)CC2. The molecule has 6 saturated carbocycles. The van der Waals surface area contributed by atoms with E-state index in [0.29, 0.717) is 16.2 Å². The van der Waals surface area contributed by atoms with Gasteiger partial charge in [-0.2, -0.15) is 0 Å². The van der Waals surface area contributed by atoms with Crippen molar-refractivity contribution in [2.75, 3.05) is 19.6 Å². The molecule has 140 valence electrons. The smallest absolute Gasteiger partial charge is 0.00205 e. The number of nitrogens with two attached hydrogens (primary N) is 3. The topological polar surface area (TPSA) is 78.1 Å². The molecule has 0 atom stereocenters. The van der Waals surface area contributed by atoms with Crippen LogP contribution in [0.3, 0.4) is 0 Å². The molecule has 0 aliphatic heterocycles. The summed E-state index contributed by atoms with van der Waals surface area (Å²) in [4.78, 5) is 0. The summed E-state index contributed by atoms with van der Waals surface area (Å²) in [5.74, 6) is 0. The lowest BCUT2D eigenvalue weighted by Gasteiger charge is -2.53. The summed E-state index contributed by atoms with van der Waals surface area (Å²) in [7, 11) is 0. The lowest BCUT2D eigenvalue weighted by atomic mass is 9.53. The minimum Gasteiger partial charge on any atom is -0.330 e. The van der Waals surface area contributed by atoms with E-state index < -0.39 is 0 Å². The van der Waals surface area contributed by atoms with Crippen LogP contribution in [0.1, 0.15) is 90.4 Å². The van der Waals surface area contributed by atoms with Crippen molar-refractivity contribution in [3.05, 3.63) is 0 Å². The van der Waals surface area contributed by atoms with E-state index in [4.69, 9.17) is 17.2 Å². The number of hydrogen-bond acceptors (Lipinski definition) is 3. The van der Waals surface area contributed by atoms with Gasteiger partial charge in [0.1, 0.15) is 0 Å². The van der Waals surface area contributed by atoms with Gasteiger partial charge in [0.25, 0.3) is 0 Å². The zero-order chi connectivity index (χ0) is 17.3. The van der Waals surface area contributed by atoms with E-state index >= 15 is 0 Å². The van der Waals surface area contributed by atoms with Crippen LogP contribution in [0.4, 0.5) is 0 Å². The molecule has 6 fully saturated rings. The van der Waals surface area contributed by atoms with Crippen molar-refractivity contribution in [3.8, 4) is 0 Å². The molecule has 0 spiro atoms. The Kier molecular flexibility index (Phi) is 5.36. The zero-order valence-electron chi connectivity index (χ0n) is 16.0. The van der Waals surface area contributed by atoms with Crippen LogP contribution in [0.25, 0.3) is 0 Å². The highest BCUT2D eigenvalue weighted by Gasteiger charge is 2.47. The highest BCUT2D eigenvalue weighted by atomic mass is 14.7. The third-order valence-corrected chi connectivity index (χ3v) is 9.16. The Hall–Kier alpha value is -0.120. The monoisotopic (exact) mass is 335 g/mol. The molecule has 0 amide bonds. The Balaban J connectivity index is 0.000000141. The predicted molar refractivity (Wildman–Crippen MR) is 103 cm³/mol. The molecular formula is C21H41N3. The molecule has 6 aliphatic rings. The molecule has 0 saturated heterocycles. The molecule has 0 radical (unpaired) electrons. The Labute approximate surface area is 149 Å². The molecule has 24 heavy (non-hydrogen) atoms. The average molecular weight is 336 g/mol. The van der Waals surface area contributed by atoms with Crippen LogP contribution < -0.4 is 17.2 Å². The summed E-state index contributed by atoms with van der Waals surface area (Å²) >= 11 is 0. The first-order valence-electron chi connectivity index (χ1n) is 10.6. The van der Waals surface area contributed by atoms with Crippen LogP contribution in [0, 0.1) is 21.7 Å². The van der Waals surface area contributed by atoms with Crippen LogP contribution >= 0.6 is 0 Å². The highest BCUT2D eigenvalue weighted by molar-refractivity contribution is 5.00. The zero-order valence-corrected chi connectivity index (χ0v) is 16.0. The van der Waals surface area contributed by atoms with Gasteiger partial charge in [-0.05, 0) is 118 Å². The van der Waals surface area contributed by atoms with Crippen molar-refractivity contribution in [2.24, 2.45) is 38.9 Å². The van der Waals surface area contributed by atoms with Gasteiger partial charge in [-0.25, -0.2) is 0 Å². The Morgan fingerprint density at radius 1 is 0.458 bits per heavy atom. The van der Waals surface area contributed by atoms with Crippen LogP contribution in [-0.4, -0.2) is 19.6 Å². The fourth-order valence-corrected chi connectivity index (χ4v) is 6.13. The van der Waals surface area contributed by atoms with E-state index in [2.05, 4.69) is 6.92 Å². The third-order valence-electron chi connectivity index (χ3n) is 9.16. The molecule has 0 aromatic carbocycles. The van der Waals surface area contributed by atoms with Crippen molar-refractivity contribution in [2.45, 2.75) is 90.4 Å². The molecule has 4 bridgehead atoms. The van der Waals surface area contributed by atoms with Gasteiger partial charge in [0, 0.05) is 0 Å². The summed E-state index contributed by atoms with van der Waals surface area (Å²) in [6.07, 6.45) is 18.0. The lowest BCUT2D eigenvalue weighted by molar-refractivity contribution is -0.00532. The van der Waals surface area contributed by atoms with Gasteiger partial charge >= 0.3 is 0 Å². The quantitative estimate of drug-likeness (QED) is 0.728. The molecule has 6 rings (SSSR count). The second-order valence-corrected chi connectivity index (χ2v) is 9.97. The molecule has 3 nitrogen and oxygen atoms in total. The molecule has 0 unspecified atom stereocenters. The van der Waals surface area contributed by atoms with E-state index in [1.807, 2.05) is 0 Å². The van der Waals surface area contributed by atoms with Gasteiger partial charge in [-0.1, -0.05) is 13.3 Å². The number of fused-ring (bicyclic) bond motifs is 6. The van der Waals surface area contributed by atoms with Crippen LogP contribution in [-0.2, 0) is 0 Å². The molecule has 0 aromatic heterocycles. The van der Waals surface area contributed by atoms with E-state index in [1.165, 1.54) is 83.5 Å². The number of rotatable bonds is 4. The van der Waals surface area contributed by atoms with Crippen LogP contribution in [0.5, 0.6) is 0 Å². The van der Waals surface area contributed by atoms with E-state index in [9.17, 15) is 0 Å². The maximum absolute atomic E-state index is 5.86. The first kappa shape index (κ1) is 18.7. The van der Waals surface area contributed by atoms with Crippen LogP contribution in [0.15, 0.2) is 0 Å². The van der Waals surface area contributed by atoms with Gasteiger partial charge in [-0.3, -0.25) is 0 Å². The summed E-state index contributed by atoms with van der Waals surface area (Å²) in [5, 5.41) is 0. The number of hydrogen-bond donors (Lipinski definition) is 3. The standard InChI is InChI=1S/C11H21N.C10H20N2/c1-2-10-3-6-11(9-12,7-4-10)8-5-10;11-7-9-1-2-10(8-12,5-3-9)6-4-9/h2-9,12H2,1H3;1-8,11-12H2. The predicted octanol–water partition coefficient (Wildman–Crippen LogP) is 3.94. The lowest BCUT2D eigenvalue weighted by Crippen LogP contribution is -2.48. The maximum atomic E-state index is 5.86. The van der Waals surface area contributed by atoms with Crippen molar-refractivity contribution < 1.29 is 0 Å². The second-order valence-electron chi connectivity index (χ2n) is 9.97. The van der Waals surface area contributed by atoms with Crippen molar-refractivity contribution in [1.82, 2.24) is 0 Å². The summed E-state index contributed by atoms with van der Waals surface area (Å²) < 4.78 is 0. The van der Waals surface area contributed by atoms with Gasteiger partial charge in [0.15, 0.2) is 0 Å². The molecule has 3 heteroatoms. The largest absolute Gasteiger partial charge is 0.330 e. The fourth-order valence-electron chi connectivity index (χ4n) is 6.13. The minimum atomic E-state index is 0.525. The summed E-state index contributed by atoms with van der Waals surface area (Å²) in [6, 6.07) is 0. The van der Waals surface area contributed by atoms with Gasteiger partial charge in [0.05, 0.1) is 0 Å². The second kappa shape index (κ2) is 6.89. The van der Waals surface area contributed by atoms with Crippen molar-refractivity contribution >= 4 is 0 Å². The van der Waals surface area contributed by atoms with Crippen molar-refractivity contribution in [3.63, 3.8) is 0 Å². The maximum Gasteiger partial charge on any atom is -0.00205 e. The summed E-state index contributed by atoms with van der Waals surface area (Å²) in [6.45, 7) is 5.09. The Morgan fingerprint density at radius 3 is 0.833 bits per heavy atom. The molecular weight excluding hydrogens is 294 g/mol. The van der Waals surface area contributed by atoms with Gasteiger partial charge in [0.2, 0.25) is 0 Å². The molecule has 6 N–H and O–H groups in total.